The van der Waals surface area contributed by atoms with Crippen LogP contribution in [0.15, 0.2) is 59.5 Å². The van der Waals surface area contributed by atoms with Crippen molar-refractivity contribution >= 4 is 27.3 Å². The van der Waals surface area contributed by atoms with Crippen LogP contribution in [0, 0.1) is 10.1 Å². The first-order valence-corrected chi connectivity index (χ1v) is 9.89. The fourth-order valence-electron chi connectivity index (χ4n) is 2.37. The van der Waals surface area contributed by atoms with Crippen LogP contribution in [-0.2, 0) is 14.8 Å². The molecule has 0 saturated carbocycles. The van der Waals surface area contributed by atoms with Crippen LogP contribution in [0.1, 0.15) is 19.8 Å². The maximum absolute atomic E-state index is 13.0. The zero-order valence-electron chi connectivity index (χ0n) is 14.9. The number of nitrogens with one attached hydrogen (secondary N) is 1. The van der Waals surface area contributed by atoms with Crippen molar-refractivity contribution in [1.29, 1.82) is 0 Å². The smallest absolute Gasteiger partial charge is 0.269 e. The number of carbonyl (C=O) groups excluding carboxylic acids is 1. The number of nitro benzene ring substituents is 1. The maximum Gasteiger partial charge on any atom is 0.269 e. The number of hydrogen-bond acceptors (Lipinski definition) is 5. The molecule has 27 heavy (non-hydrogen) atoms. The zero-order chi connectivity index (χ0) is 19.9. The van der Waals surface area contributed by atoms with Crippen molar-refractivity contribution in [1.82, 2.24) is 5.32 Å². The third kappa shape index (κ3) is 5.27. The fraction of sp³-hybridized carbons (Fsp3) is 0.278. The molecule has 2 aromatic carbocycles. The summed E-state index contributed by atoms with van der Waals surface area (Å²) in [5, 5.41) is 13.5. The van der Waals surface area contributed by atoms with Crippen molar-refractivity contribution in [3.63, 3.8) is 0 Å². The molecule has 0 radical (unpaired) electrons. The molecule has 2 aromatic rings. The number of sulfonamides is 1. The van der Waals surface area contributed by atoms with Gasteiger partial charge >= 0.3 is 0 Å². The minimum absolute atomic E-state index is 0.0321. The van der Waals surface area contributed by atoms with E-state index in [1.807, 2.05) is 6.92 Å². The average Bonchev–Trinajstić information content (AvgIpc) is 2.67. The van der Waals surface area contributed by atoms with Gasteiger partial charge in [0.15, 0.2) is 0 Å². The molecule has 144 valence electrons. The van der Waals surface area contributed by atoms with E-state index >= 15 is 0 Å². The van der Waals surface area contributed by atoms with E-state index in [9.17, 15) is 23.3 Å². The molecule has 0 aliphatic carbocycles. The number of amides is 1. The molecular formula is C18H21N3O5S. The van der Waals surface area contributed by atoms with Crippen LogP contribution < -0.4 is 9.62 Å². The highest BCUT2D eigenvalue weighted by atomic mass is 32.2. The molecule has 0 saturated heterocycles. The molecule has 0 fully saturated rings. The van der Waals surface area contributed by atoms with Crippen LogP contribution >= 0.6 is 0 Å². The summed E-state index contributed by atoms with van der Waals surface area (Å²) in [6.07, 6.45) is 1.68. The van der Waals surface area contributed by atoms with E-state index in [2.05, 4.69) is 5.32 Å². The van der Waals surface area contributed by atoms with Gasteiger partial charge in [-0.3, -0.25) is 19.2 Å². The molecule has 0 atom stereocenters. The Labute approximate surface area is 158 Å². The molecule has 9 heteroatoms. The van der Waals surface area contributed by atoms with Gasteiger partial charge in [0.1, 0.15) is 6.54 Å². The van der Waals surface area contributed by atoms with E-state index in [0.717, 1.165) is 17.1 Å². The molecular weight excluding hydrogens is 370 g/mol. The van der Waals surface area contributed by atoms with Gasteiger partial charge in [0.05, 0.1) is 15.5 Å². The SMILES string of the molecule is CCCCNC(=O)CN(c1ccc([N+](=O)[O-])cc1)S(=O)(=O)c1ccccc1. The number of nitrogens with zero attached hydrogens (tertiary/aromatic N) is 2. The second kappa shape index (κ2) is 9.13. The van der Waals surface area contributed by atoms with Gasteiger partial charge in [0.2, 0.25) is 5.91 Å². The van der Waals surface area contributed by atoms with Crippen LogP contribution in [0.25, 0.3) is 0 Å². The third-order valence-electron chi connectivity index (χ3n) is 3.82. The number of carbonyl (C=O) groups is 1. The Hall–Kier alpha value is -2.94. The van der Waals surface area contributed by atoms with Gasteiger partial charge in [-0.25, -0.2) is 8.42 Å². The maximum atomic E-state index is 13.0. The van der Waals surface area contributed by atoms with Crippen molar-refractivity contribution in [2.45, 2.75) is 24.7 Å². The second-order valence-electron chi connectivity index (χ2n) is 5.80. The Kier molecular flexibility index (Phi) is 6.89. The summed E-state index contributed by atoms with van der Waals surface area (Å²) < 4.78 is 27.0. The van der Waals surface area contributed by atoms with Gasteiger partial charge in [0, 0.05) is 18.7 Å². The normalized spacial score (nSPS) is 11.0. The Morgan fingerprint density at radius 2 is 1.74 bits per heavy atom. The minimum atomic E-state index is -4.01. The van der Waals surface area contributed by atoms with Crippen molar-refractivity contribution in [3.8, 4) is 0 Å². The van der Waals surface area contributed by atoms with Crippen molar-refractivity contribution in [2.75, 3.05) is 17.4 Å². The summed E-state index contributed by atoms with van der Waals surface area (Å²) in [6.45, 7) is 2.02. The van der Waals surface area contributed by atoms with Crippen LogP contribution in [0.5, 0.6) is 0 Å². The van der Waals surface area contributed by atoms with Gasteiger partial charge < -0.3 is 5.32 Å². The fourth-order valence-corrected chi connectivity index (χ4v) is 3.81. The number of non-ortho nitro benzene ring substituents is 1. The lowest BCUT2D eigenvalue weighted by molar-refractivity contribution is -0.384. The number of benzene rings is 2. The van der Waals surface area contributed by atoms with E-state index in [1.54, 1.807) is 18.2 Å². The summed E-state index contributed by atoms with van der Waals surface area (Å²) in [6, 6.07) is 12.8. The molecule has 0 aromatic heterocycles. The summed E-state index contributed by atoms with van der Waals surface area (Å²) in [5.41, 5.74) is 0.0123. The summed E-state index contributed by atoms with van der Waals surface area (Å²) in [5.74, 6) is -0.443. The standard InChI is InChI=1S/C18H21N3O5S/c1-2-3-13-19-18(22)14-20(15-9-11-16(12-10-15)21(23)24)27(25,26)17-7-5-4-6-8-17/h4-12H,2-3,13-14H2,1H3,(H,19,22). The van der Waals surface area contributed by atoms with Gasteiger partial charge in [-0.15, -0.1) is 0 Å². The molecule has 0 aliphatic rings. The van der Waals surface area contributed by atoms with E-state index in [1.165, 1.54) is 36.4 Å². The first-order valence-electron chi connectivity index (χ1n) is 8.45. The Bertz CT molecular complexity index is 883. The van der Waals surface area contributed by atoms with E-state index < -0.39 is 27.4 Å². The van der Waals surface area contributed by atoms with Crippen LogP contribution in [0.2, 0.25) is 0 Å². The zero-order valence-corrected chi connectivity index (χ0v) is 15.7. The summed E-state index contributed by atoms with van der Waals surface area (Å²) >= 11 is 0. The summed E-state index contributed by atoms with van der Waals surface area (Å²) in [7, 11) is -4.01. The number of hydrogen-bond donors (Lipinski definition) is 1. The lowest BCUT2D eigenvalue weighted by atomic mass is 10.3. The topological polar surface area (TPSA) is 110 Å². The third-order valence-corrected chi connectivity index (χ3v) is 5.61. The van der Waals surface area contributed by atoms with Crippen molar-refractivity contribution in [2.24, 2.45) is 0 Å². The van der Waals surface area contributed by atoms with Crippen LogP contribution in [-0.4, -0.2) is 32.3 Å². The quantitative estimate of drug-likeness (QED) is 0.401. The van der Waals surface area contributed by atoms with Gasteiger partial charge in [0.25, 0.3) is 15.7 Å². The number of anilines is 1. The summed E-state index contributed by atoms with van der Waals surface area (Å²) in [4.78, 5) is 22.5. The Morgan fingerprint density at radius 3 is 2.30 bits per heavy atom. The lowest BCUT2D eigenvalue weighted by Gasteiger charge is -2.24. The number of nitro groups is 1. The molecule has 1 amide bonds. The largest absolute Gasteiger partial charge is 0.355 e. The predicted octanol–water partition coefficient (Wildman–Crippen LogP) is 2.71. The van der Waals surface area contributed by atoms with Gasteiger partial charge in [-0.1, -0.05) is 31.5 Å². The van der Waals surface area contributed by atoms with Crippen molar-refractivity contribution < 1.29 is 18.1 Å². The second-order valence-corrected chi connectivity index (χ2v) is 7.66. The number of unbranched alkanes of at least 4 members (excludes halogenated alkanes) is 1. The molecule has 0 bridgehead atoms. The molecule has 0 aliphatic heterocycles. The monoisotopic (exact) mass is 391 g/mol. The van der Waals surface area contributed by atoms with E-state index in [-0.39, 0.29) is 16.3 Å². The highest BCUT2D eigenvalue weighted by Gasteiger charge is 2.27. The Morgan fingerprint density at radius 1 is 1.11 bits per heavy atom. The van der Waals surface area contributed by atoms with Crippen LogP contribution in [0.4, 0.5) is 11.4 Å². The molecule has 8 nitrogen and oxygen atoms in total. The first kappa shape index (κ1) is 20.4. The number of rotatable bonds is 9. The molecule has 2 rings (SSSR count). The highest BCUT2D eigenvalue weighted by Crippen LogP contribution is 2.25. The molecule has 0 heterocycles. The predicted molar refractivity (Wildman–Crippen MR) is 102 cm³/mol. The van der Waals surface area contributed by atoms with E-state index in [4.69, 9.17) is 0 Å². The van der Waals surface area contributed by atoms with E-state index in [0.29, 0.717) is 6.54 Å². The minimum Gasteiger partial charge on any atom is -0.355 e. The van der Waals surface area contributed by atoms with Gasteiger partial charge in [-0.2, -0.15) is 0 Å². The Balaban J connectivity index is 2.36. The van der Waals surface area contributed by atoms with Crippen molar-refractivity contribution in [3.05, 3.63) is 64.7 Å². The lowest BCUT2D eigenvalue weighted by Crippen LogP contribution is -2.41. The highest BCUT2D eigenvalue weighted by molar-refractivity contribution is 7.92. The molecule has 0 spiro atoms. The van der Waals surface area contributed by atoms with Gasteiger partial charge in [-0.05, 0) is 30.7 Å². The van der Waals surface area contributed by atoms with Crippen LogP contribution in [0.3, 0.4) is 0 Å². The average molecular weight is 391 g/mol. The molecule has 0 unspecified atom stereocenters. The first-order chi connectivity index (χ1) is 12.9. The molecule has 1 N–H and O–H groups in total.